The molecule has 0 aliphatic heterocycles. The maximum absolute atomic E-state index is 11.0. The summed E-state index contributed by atoms with van der Waals surface area (Å²) in [5.41, 5.74) is 1.18. The van der Waals surface area contributed by atoms with E-state index in [4.69, 9.17) is 0 Å². The van der Waals surface area contributed by atoms with Crippen molar-refractivity contribution in [3.8, 4) is 0 Å². The molecule has 1 heterocycles. The maximum atomic E-state index is 11.0. The largest absolute Gasteiger partial charge is 1.00 e. The molecule has 0 spiro atoms. The van der Waals surface area contributed by atoms with Crippen molar-refractivity contribution in [2.75, 3.05) is 7.11 Å². The fraction of sp³-hybridized carbons (Fsp3) is 0.636. The monoisotopic (exact) mass is 290 g/mol. The van der Waals surface area contributed by atoms with Gasteiger partial charge in [0.15, 0.2) is 0 Å². The van der Waals surface area contributed by atoms with Crippen LogP contribution in [0, 0.1) is 0 Å². The molecule has 1 aromatic heterocycles. The van der Waals surface area contributed by atoms with Gasteiger partial charge in [-0.25, -0.2) is 9.13 Å². The smallest absolute Gasteiger partial charge is 0.305 e. The van der Waals surface area contributed by atoms with Gasteiger partial charge in [0, 0.05) is 6.42 Å². The minimum atomic E-state index is -0.151. The van der Waals surface area contributed by atoms with Gasteiger partial charge in [-0.2, -0.15) is 0 Å². The van der Waals surface area contributed by atoms with E-state index in [1.807, 2.05) is 11.6 Å². The average molecular weight is 291 g/mol. The normalized spacial score (nSPS) is 9.69. The number of aromatic nitrogens is 2. The van der Waals surface area contributed by atoms with Crippen molar-refractivity contribution in [1.82, 2.24) is 4.57 Å². The zero-order chi connectivity index (χ0) is 11.3. The third kappa shape index (κ3) is 4.35. The summed E-state index contributed by atoms with van der Waals surface area (Å²) in [7, 11) is 3.42. The van der Waals surface area contributed by atoms with E-state index in [0.29, 0.717) is 6.42 Å². The standard InChI is InChI=1S/C11H19N2O2.BrH/c1-4-7-13-9-12(2)8-10(13)5-6-11(14)15-3;/h8-9H,4-7H2,1-3H3;1H/q+1;/p-1. The molecule has 0 N–H and O–H groups in total. The molecule has 0 bridgehead atoms. The van der Waals surface area contributed by atoms with E-state index in [9.17, 15) is 4.79 Å². The van der Waals surface area contributed by atoms with Crippen molar-refractivity contribution in [3.05, 3.63) is 18.2 Å². The Morgan fingerprint density at radius 1 is 1.56 bits per heavy atom. The summed E-state index contributed by atoms with van der Waals surface area (Å²) in [6.07, 6.45) is 6.40. The van der Waals surface area contributed by atoms with Crippen molar-refractivity contribution in [1.29, 1.82) is 0 Å². The van der Waals surface area contributed by atoms with Crippen LogP contribution < -0.4 is 21.5 Å². The fourth-order valence-electron chi connectivity index (χ4n) is 1.62. The molecule has 16 heavy (non-hydrogen) atoms. The lowest BCUT2D eigenvalue weighted by molar-refractivity contribution is -0.703. The molecular weight excluding hydrogens is 272 g/mol. The Kier molecular flexibility index (Phi) is 7.05. The highest BCUT2D eigenvalue weighted by molar-refractivity contribution is 5.69. The van der Waals surface area contributed by atoms with Gasteiger partial charge in [-0.3, -0.25) is 4.79 Å². The topological polar surface area (TPSA) is 35.1 Å². The Bertz CT molecular complexity index is 337. The highest BCUT2D eigenvalue weighted by Crippen LogP contribution is 1.99. The number of ether oxygens (including phenoxy) is 1. The van der Waals surface area contributed by atoms with Crippen LogP contribution in [-0.2, 0) is 29.5 Å². The summed E-state index contributed by atoms with van der Waals surface area (Å²) < 4.78 is 8.82. The first-order chi connectivity index (χ1) is 7.17. The van der Waals surface area contributed by atoms with Crippen LogP contribution in [0.15, 0.2) is 12.5 Å². The number of methoxy groups -OCH3 is 1. The van der Waals surface area contributed by atoms with Crippen molar-refractivity contribution in [2.24, 2.45) is 7.05 Å². The van der Waals surface area contributed by atoms with Crippen LogP contribution in [0.2, 0.25) is 0 Å². The SMILES string of the molecule is CCC[n+]1cn(C)cc1CCC(=O)OC.[Br-]. The zero-order valence-corrected chi connectivity index (χ0v) is 11.7. The van der Waals surface area contributed by atoms with Gasteiger partial charge in [0.2, 0.25) is 6.33 Å². The molecule has 0 aliphatic rings. The molecule has 0 radical (unpaired) electrons. The Balaban J connectivity index is 0.00000225. The number of rotatable bonds is 5. The number of aryl methyl sites for hydroxylation is 3. The van der Waals surface area contributed by atoms with E-state index in [1.54, 1.807) is 0 Å². The quantitative estimate of drug-likeness (QED) is 0.457. The number of halogens is 1. The minimum Gasteiger partial charge on any atom is -1.00 e. The van der Waals surface area contributed by atoms with Gasteiger partial charge in [-0.1, -0.05) is 6.92 Å². The Morgan fingerprint density at radius 2 is 2.25 bits per heavy atom. The summed E-state index contributed by atoms with van der Waals surface area (Å²) in [6.45, 7) is 3.14. The number of carbonyl (C=O) groups is 1. The van der Waals surface area contributed by atoms with E-state index >= 15 is 0 Å². The Hall–Kier alpha value is -0.840. The molecule has 0 fully saturated rings. The fourth-order valence-corrected chi connectivity index (χ4v) is 1.62. The molecule has 0 amide bonds. The lowest BCUT2D eigenvalue weighted by Gasteiger charge is -1.99. The summed E-state index contributed by atoms with van der Waals surface area (Å²) >= 11 is 0. The summed E-state index contributed by atoms with van der Waals surface area (Å²) in [5.74, 6) is -0.151. The van der Waals surface area contributed by atoms with Gasteiger partial charge in [-0.15, -0.1) is 0 Å². The van der Waals surface area contributed by atoms with E-state index in [2.05, 4.69) is 28.8 Å². The van der Waals surface area contributed by atoms with E-state index in [-0.39, 0.29) is 23.0 Å². The van der Waals surface area contributed by atoms with Crippen molar-refractivity contribution in [3.63, 3.8) is 0 Å². The van der Waals surface area contributed by atoms with Gasteiger partial charge in [0.1, 0.15) is 11.9 Å². The zero-order valence-electron chi connectivity index (χ0n) is 10.1. The van der Waals surface area contributed by atoms with E-state index < -0.39 is 0 Å². The molecular formula is C11H19BrN2O2. The summed E-state index contributed by atoms with van der Waals surface area (Å²) in [5, 5.41) is 0. The van der Waals surface area contributed by atoms with Crippen LogP contribution in [0.4, 0.5) is 0 Å². The third-order valence-electron chi connectivity index (χ3n) is 2.32. The molecule has 5 heteroatoms. The number of nitrogens with zero attached hydrogens (tertiary/aromatic N) is 2. The number of hydrogen-bond acceptors (Lipinski definition) is 2. The average Bonchev–Trinajstić information content (AvgIpc) is 2.56. The first kappa shape index (κ1) is 15.2. The van der Waals surface area contributed by atoms with Crippen LogP contribution in [0.1, 0.15) is 25.5 Å². The predicted octanol–water partition coefficient (Wildman–Crippen LogP) is -2.17. The Labute approximate surface area is 107 Å². The van der Waals surface area contributed by atoms with Crippen molar-refractivity contribution in [2.45, 2.75) is 32.7 Å². The maximum Gasteiger partial charge on any atom is 0.305 e. The molecule has 0 aliphatic carbocycles. The number of imidazole rings is 1. The molecule has 1 aromatic rings. The second-order valence-corrected chi connectivity index (χ2v) is 3.67. The highest BCUT2D eigenvalue weighted by atomic mass is 79.9. The first-order valence-electron chi connectivity index (χ1n) is 5.28. The molecule has 92 valence electrons. The molecule has 1 rings (SSSR count). The second kappa shape index (κ2) is 7.44. The van der Waals surface area contributed by atoms with Crippen molar-refractivity contribution < 1.29 is 31.1 Å². The summed E-state index contributed by atoms with van der Waals surface area (Å²) in [4.78, 5) is 11.0. The third-order valence-corrected chi connectivity index (χ3v) is 2.32. The molecule has 0 atom stereocenters. The molecule has 0 saturated heterocycles. The molecule has 0 saturated carbocycles. The van der Waals surface area contributed by atoms with Crippen LogP contribution in [0.25, 0.3) is 0 Å². The van der Waals surface area contributed by atoms with Crippen LogP contribution in [0.3, 0.4) is 0 Å². The Morgan fingerprint density at radius 3 is 2.81 bits per heavy atom. The van der Waals surface area contributed by atoms with E-state index in [0.717, 1.165) is 19.4 Å². The number of carbonyl (C=O) groups excluding carboxylic acids is 1. The second-order valence-electron chi connectivity index (χ2n) is 3.67. The van der Waals surface area contributed by atoms with Crippen LogP contribution in [0.5, 0.6) is 0 Å². The molecule has 0 unspecified atom stereocenters. The van der Waals surface area contributed by atoms with Gasteiger partial charge >= 0.3 is 5.97 Å². The van der Waals surface area contributed by atoms with E-state index in [1.165, 1.54) is 12.8 Å². The summed E-state index contributed by atoms with van der Waals surface area (Å²) in [6, 6.07) is 0. The van der Waals surface area contributed by atoms with Crippen LogP contribution >= 0.6 is 0 Å². The molecule has 4 nitrogen and oxygen atoms in total. The predicted molar refractivity (Wildman–Crippen MR) is 56.2 cm³/mol. The van der Waals surface area contributed by atoms with Gasteiger partial charge in [-0.05, 0) is 6.42 Å². The first-order valence-corrected chi connectivity index (χ1v) is 5.28. The van der Waals surface area contributed by atoms with Gasteiger partial charge in [0.25, 0.3) is 0 Å². The highest BCUT2D eigenvalue weighted by Gasteiger charge is 2.12. The minimum absolute atomic E-state index is 0. The van der Waals surface area contributed by atoms with Crippen molar-refractivity contribution >= 4 is 5.97 Å². The number of esters is 1. The van der Waals surface area contributed by atoms with Crippen LogP contribution in [-0.4, -0.2) is 17.6 Å². The molecule has 0 aromatic carbocycles. The van der Waals surface area contributed by atoms with Gasteiger partial charge < -0.3 is 21.7 Å². The lowest BCUT2D eigenvalue weighted by atomic mass is 10.2. The lowest BCUT2D eigenvalue weighted by Crippen LogP contribution is -3.00. The number of hydrogen-bond donors (Lipinski definition) is 0. The van der Waals surface area contributed by atoms with Gasteiger partial charge in [0.05, 0.1) is 27.1 Å².